The van der Waals surface area contributed by atoms with Crippen molar-refractivity contribution in [2.75, 3.05) is 20.2 Å². The predicted molar refractivity (Wildman–Crippen MR) is 110 cm³/mol. The van der Waals surface area contributed by atoms with Crippen LogP contribution in [0.5, 0.6) is 5.75 Å². The molecule has 5 nitrogen and oxygen atoms in total. The highest BCUT2D eigenvalue weighted by Crippen LogP contribution is 2.38. The van der Waals surface area contributed by atoms with Crippen LogP contribution in [0.25, 0.3) is 10.8 Å². The second kappa shape index (κ2) is 8.57. The zero-order valence-electron chi connectivity index (χ0n) is 16.2. The molecule has 28 heavy (non-hydrogen) atoms. The number of aromatic nitrogens is 1. The zero-order valence-corrected chi connectivity index (χ0v) is 16.2. The third-order valence-electron chi connectivity index (χ3n) is 5.73. The summed E-state index contributed by atoms with van der Waals surface area (Å²) in [6, 6.07) is 12.3. The van der Waals surface area contributed by atoms with Crippen molar-refractivity contribution in [3.05, 3.63) is 69.7 Å². The highest BCUT2D eigenvalue weighted by atomic mass is 16.5. The van der Waals surface area contributed by atoms with E-state index in [1.807, 2.05) is 12.1 Å². The Morgan fingerprint density at radius 3 is 3.07 bits per heavy atom. The molecule has 1 aliphatic rings. The first kappa shape index (κ1) is 18.7. The van der Waals surface area contributed by atoms with Crippen LogP contribution in [0.15, 0.2) is 51.9 Å². The van der Waals surface area contributed by atoms with Crippen molar-refractivity contribution in [3.63, 3.8) is 0 Å². The molecule has 1 unspecified atom stereocenters. The Morgan fingerprint density at radius 1 is 1.25 bits per heavy atom. The molecule has 0 radical (unpaired) electrons. The largest absolute Gasteiger partial charge is 0.496 e. The van der Waals surface area contributed by atoms with E-state index >= 15 is 0 Å². The molecule has 0 spiro atoms. The first-order valence-corrected chi connectivity index (χ1v) is 10.0. The minimum Gasteiger partial charge on any atom is -0.496 e. The number of rotatable bonds is 7. The summed E-state index contributed by atoms with van der Waals surface area (Å²) < 4.78 is 10.3. The van der Waals surface area contributed by atoms with E-state index in [1.54, 1.807) is 13.3 Å². The first-order valence-electron chi connectivity index (χ1n) is 10.0. The Morgan fingerprint density at radius 2 is 2.18 bits per heavy atom. The Kier molecular flexibility index (Phi) is 5.72. The van der Waals surface area contributed by atoms with Gasteiger partial charge in [-0.15, -0.1) is 0 Å². The molecular formula is C23H26N2O3. The lowest BCUT2D eigenvalue weighted by Gasteiger charge is -2.27. The fourth-order valence-corrected chi connectivity index (χ4v) is 4.27. The topological polar surface area (TPSA) is 64.4 Å². The van der Waals surface area contributed by atoms with Gasteiger partial charge < -0.3 is 14.6 Å². The smallest absolute Gasteiger partial charge is 0.366 e. The van der Waals surface area contributed by atoms with Crippen LogP contribution in [0.2, 0.25) is 0 Å². The van der Waals surface area contributed by atoms with Gasteiger partial charge in [0.1, 0.15) is 5.75 Å². The molecule has 0 aliphatic heterocycles. The maximum Gasteiger partial charge on any atom is 0.366 e. The molecule has 0 fully saturated rings. The lowest BCUT2D eigenvalue weighted by Crippen LogP contribution is -2.22. The van der Waals surface area contributed by atoms with E-state index < -0.39 is 0 Å². The zero-order chi connectivity index (χ0) is 19.3. The van der Waals surface area contributed by atoms with Crippen molar-refractivity contribution in [1.82, 2.24) is 10.5 Å². The second-order valence-corrected chi connectivity index (χ2v) is 7.44. The summed E-state index contributed by atoms with van der Waals surface area (Å²) in [6.07, 6.45) is 7.19. The van der Waals surface area contributed by atoms with E-state index in [4.69, 9.17) is 9.26 Å². The SMILES string of the molecule is COc1cccc2c1CCCC2CCNCCc1ccc2cnoc(=O)c2c1. The Hall–Kier alpha value is -2.66. The Bertz CT molecular complexity index is 1010. The van der Waals surface area contributed by atoms with Gasteiger partial charge in [-0.25, -0.2) is 4.79 Å². The van der Waals surface area contributed by atoms with Crippen molar-refractivity contribution in [1.29, 1.82) is 0 Å². The molecule has 0 amide bonds. The number of hydrogen-bond donors (Lipinski definition) is 1. The van der Waals surface area contributed by atoms with E-state index in [2.05, 4.69) is 34.7 Å². The van der Waals surface area contributed by atoms with E-state index in [0.717, 1.165) is 49.1 Å². The molecule has 2 aromatic carbocycles. The quantitative estimate of drug-likeness (QED) is 0.633. The van der Waals surface area contributed by atoms with E-state index in [-0.39, 0.29) is 5.63 Å². The first-order chi connectivity index (χ1) is 13.8. The van der Waals surface area contributed by atoms with Crippen LogP contribution in [0.1, 0.15) is 41.9 Å². The van der Waals surface area contributed by atoms with Gasteiger partial charge in [-0.3, -0.25) is 0 Å². The van der Waals surface area contributed by atoms with Crippen LogP contribution in [-0.2, 0) is 12.8 Å². The molecule has 5 heteroatoms. The molecule has 1 heterocycles. The third kappa shape index (κ3) is 3.94. The van der Waals surface area contributed by atoms with Crippen molar-refractivity contribution >= 4 is 10.8 Å². The highest BCUT2D eigenvalue weighted by Gasteiger charge is 2.22. The molecule has 1 aliphatic carbocycles. The van der Waals surface area contributed by atoms with Crippen molar-refractivity contribution in [2.45, 2.75) is 38.0 Å². The number of fused-ring (bicyclic) bond motifs is 2. The molecule has 0 saturated carbocycles. The monoisotopic (exact) mass is 378 g/mol. The summed E-state index contributed by atoms with van der Waals surface area (Å²) in [5.74, 6) is 1.63. The average molecular weight is 378 g/mol. The number of ether oxygens (including phenoxy) is 1. The molecule has 1 aromatic heterocycles. The summed E-state index contributed by atoms with van der Waals surface area (Å²) in [6.45, 7) is 1.88. The lowest BCUT2D eigenvalue weighted by molar-refractivity contribution is 0.377. The number of nitrogens with one attached hydrogen (secondary N) is 1. The van der Waals surface area contributed by atoms with Gasteiger partial charge in [-0.1, -0.05) is 29.4 Å². The lowest BCUT2D eigenvalue weighted by atomic mass is 9.80. The van der Waals surface area contributed by atoms with Crippen LogP contribution in [-0.4, -0.2) is 25.4 Å². The Balaban J connectivity index is 1.30. The van der Waals surface area contributed by atoms with E-state index in [9.17, 15) is 4.79 Å². The summed E-state index contributed by atoms with van der Waals surface area (Å²) >= 11 is 0. The normalized spacial score (nSPS) is 16.1. The van der Waals surface area contributed by atoms with E-state index in [0.29, 0.717) is 11.3 Å². The van der Waals surface area contributed by atoms with Crippen LogP contribution in [0.3, 0.4) is 0 Å². The van der Waals surface area contributed by atoms with Crippen molar-refractivity contribution in [3.8, 4) is 5.75 Å². The van der Waals surface area contributed by atoms with Crippen LogP contribution in [0, 0.1) is 0 Å². The second-order valence-electron chi connectivity index (χ2n) is 7.44. The number of methoxy groups -OCH3 is 1. The minimum atomic E-state index is -0.376. The fourth-order valence-electron chi connectivity index (χ4n) is 4.27. The van der Waals surface area contributed by atoms with Crippen LogP contribution >= 0.6 is 0 Å². The van der Waals surface area contributed by atoms with Gasteiger partial charge >= 0.3 is 5.63 Å². The third-order valence-corrected chi connectivity index (χ3v) is 5.73. The molecule has 3 aromatic rings. The average Bonchev–Trinajstić information content (AvgIpc) is 2.73. The van der Waals surface area contributed by atoms with Gasteiger partial charge in [-0.05, 0) is 79.9 Å². The van der Waals surface area contributed by atoms with Gasteiger partial charge in [0, 0.05) is 5.39 Å². The van der Waals surface area contributed by atoms with Gasteiger partial charge in [0.2, 0.25) is 0 Å². The van der Waals surface area contributed by atoms with E-state index in [1.165, 1.54) is 24.0 Å². The van der Waals surface area contributed by atoms with Gasteiger partial charge in [-0.2, -0.15) is 0 Å². The molecular weight excluding hydrogens is 352 g/mol. The standard InChI is InChI=1S/C23H26N2O3/c1-27-22-7-3-5-19-17(4-2-6-20(19)22)11-13-24-12-10-16-8-9-18-15-25-28-23(26)21(18)14-16/h3,5,7-9,14-15,17,24H,2,4,6,10-13H2,1H3. The summed E-state index contributed by atoms with van der Waals surface area (Å²) in [4.78, 5) is 11.8. The number of nitrogens with zero attached hydrogens (tertiary/aromatic N) is 1. The van der Waals surface area contributed by atoms with Crippen molar-refractivity contribution in [2.24, 2.45) is 0 Å². The molecule has 1 atom stereocenters. The molecule has 0 saturated heterocycles. The Labute approximate surface area is 164 Å². The van der Waals surface area contributed by atoms with Gasteiger partial charge in [0.05, 0.1) is 18.7 Å². The fraction of sp³-hybridized carbons (Fsp3) is 0.391. The van der Waals surface area contributed by atoms with Crippen molar-refractivity contribution < 1.29 is 9.26 Å². The van der Waals surface area contributed by atoms with Crippen LogP contribution in [0.4, 0.5) is 0 Å². The van der Waals surface area contributed by atoms with Gasteiger partial charge in [0.25, 0.3) is 0 Å². The summed E-state index contributed by atoms with van der Waals surface area (Å²) in [5, 5.41) is 8.57. The number of hydrogen-bond acceptors (Lipinski definition) is 5. The molecule has 146 valence electrons. The maximum atomic E-state index is 11.8. The molecule has 4 rings (SSSR count). The summed E-state index contributed by atoms with van der Waals surface area (Å²) in [5.41, 5.74) is 3.61. The molecule has 0 bridgehead atoms. The minimum absolute atomic E-state index is 0.376. The van der Waals surface area contributed by atoms with Crippen LogP contribution < -0.4 is 15.7 Å². The van der Waals surface area contributed by atoms with Gasteiger partial charge in [0.15, 0.2) is 0 Å². The summed E-state index contributed by atoms with van der Waals surface area (Å²) in [7, 11) is 1.76. The number of benzene rings is 2. The predicted octanol–water partition coefficient (Wildman–Crippen LogP) is 3.84. The molecule has 1 N–H and O–H groups in total. The highest BCUT2D eigenvalue weighted by molar-refractivity contribution is 5.80. The maximum absolute atomic E-state index is 11.8.